The van der Waals surface area contributed by atoms with Crippen molar-refractivity contribution in [2.45, 2.75) is 19.4 Å². The van der Waals surface area contributed by atoms with Gasteiger partial charge in [-0.05, 0) is 25.5 Å². The van der Waals surface area contributed by atoms with E-state index in [0.29, 0.717) is 6.42 Å². The highest BCUT2D eigenvalue weighted by molar-refractivity contribution is 7.52. The van der Waals surface area contributed by atoms with E-state index in [1.165, 1.54) is 37.3 Å². The first-order chi connectivity index (χ1) is 14.6. The van der Waals surface area contributed by atoms with E-state index in [9.17, 15) is 31.3 Å². The predicted molar refractivity (Wildman–Crippen MR) is 99.9 cm³/mol. The van der Waals surface area contributed by atoms with Gasteiger partial charge in [0.2, 0.25) is 34.8 Å². The minimum Gasteiger partial charge on any atom is -0.464 e. The molecule has 0 spiro atoms. The van der Waals surface area contributed by atoms with E-state index in [1.54, 1.807) is 6.07 Å². The number of nitrogens with one attached hydrogen (secondary N) is 1. The van der Waals surface area contributed by atoms with Crippen LogP contribution in [-0.4, -0.2) is 18.6 Å². The summed E-state index contributed by atoms with van der Waals surface area (Å²) in [5.41, 5.74) is 0. The van der Waals surface area contributed by atoms with Crippen LogP contribution in [0.15, 0.2) is 43.0 Å². The van der Waals surface area contributed by atoms with Gasteiger partial charge in [-0.25, -0.2) is 17.7 Å². The fraction of sp³-hybridized carbons (Fsp3) is 0.211. The molecular weight excluding hydrogens is 448 g/mol. The minimum atomic E-state index is -4.93. The number of carbonyl (C=O) groups excluding carboxylic acids is 1. The lowest BCUT2D eigenvalue weighted by atomic mass is 10.3. The highest BCUT2D eigenvalue weighted by atomic mass is 31.2. The molecule has 1 N–H and O–H groups in total. The molecule has 0 amide bonds. The second-order valence-corrected chi connectivity index (χ2v) is 7.61. The van der Waals surface area contributed by atoms with E-state index >= 15 is 0 Å². The first-order valence-electron chi connectivity index (χ1n) is 8.70. The molecule has 0 heterocycles. The molecule has 2 aromatic rings. The molecule has 2 aromatic carbocycles. The summed E-state index contributed by atoms with van der Waals surface area (Å²) in [6.07, 6.45) is 1.79. The topological polar surface area (TPSA) is 73.9 Å². The molecule has 6 nitrogen and oxygen atoms in total. The maximum absolute atomic E-state index is 14.0. The van der Waals surface area contributed by atoms with Gasteiger partial charge in [-0.15, -0.1) is 6.58 Å². The largest absolute Gasteiger partial charge is 0.513 e. The van der Waals surface area contributed by atoms with Gasteiger partial charge in [0, 0.05) is 0 Å². The average Bonchev–Trinajstić information content (AvgIpc) is 2.74. The zero-order chi connectivity index (χ0) is 23.2. The Labute approximate surface area is 174 Å². The third-order valence-electron chi connectivity index (χ3n) is 3.62. The molecule has 31 heavy (non-hydrogen) atoms. The summed E-state index contributed by atoms with van der Waals surface area (Å²) in [7, 11) is -4.93. The van der Waals surface area contributed by atoms with Gasteiger partial charge in [-0.2, -0.15) is 13.9 Å². The summed E-state index contributed by atoms with van der Waals surface area (Å²) < 4.78 is 96.1. The molecule has 2 unspecified atom stereocenters. The fourth-order valence-corrected chi connectivity index (χ4v) is 3.66. The Kier molecular flexibility index (Phi) is 8.18. The molecule has 2 atom stereocenters. The second-order valence-electron chi connectivity index (χ2n) is 5.99. The number of para-hydroxylation sites is 1. The van der Waals surface area contributed by atoms with Crippen LogP contribution < -0.4 is 14.1 Å². The molecule has 2 rings (SSSR count). The zero-order valence-corrected chi connectivity index (χ0v) is 16.9. The molecule has 0 saturated heterocycles. The van der Waals surface area contributed by atoms with Gasteiger partial charge in [0.15, 0.2) is 0 Å². The van der Waals surface area contributed by atoms with Crippen molar-refractivity contribution in [3.8, 4) is 11.5 Å². The van der Waals surface area contributed by atoms with Crippen LogP contribution in [0.5, 0.6) is 11.5 Å². The van der Waals surface area contributed by atoms with Gasteiger partial charge in [-0.1, -0.05) is 24.3 Å². The molecule has 0 saturated carbocycles. The Bertz CT molecular complexity index is 976. The van der Waals surface area contributed by atoms with Crippen LogP contribution in [0.4, 0.5) is 22.0 Å². The normalized spacial score (nSPS) is 13.7. The van der Waals surface area contributed by atoms with Crippen LogP contribution in [0.3, 0.4) is 0 Å². The van der Waals surface area contributed by atoms with Crippen LogP contribution in [0.25, 0.3) is 0 Å². The molecule has 0 aromatic heterocycles. The number of halogens is 5. The molecule has 0 fully saturated rings. The fourth-order valence-electron chi connectivity index (χ4n) is 2.13. The summed E-state index contributed by atoms with van der Waals surface area (Å²) in [5, 5.41) is 2.06. The van der Waals surface area contributed by atoms with E-state index in [0.717, 1.165) is 0 Å². The number of hydrogen-bond acceptors (Lipinski definition) is 5. The number of hydrogen-bond donors (Lipinski definition) is 1. The van der Waals surface area contributed by atoms with Crippen LogP contribution in [0.2, 0.25) is 0 Å². The zero-order valence-electron chi connectivity index (χ0n) is 16.0. The molecule has 12 heteroatoms. The molecule has 0 radical (unpaired) electrons. The Hall–Kier alpha value is -2.91. The lowest BCUT2D eigenvalue weighted by molar-refractivity contribution is -0.145. The smallest absolute Gasteiger partial charge is 0.464 e. The molecule has 168 valence electrons. The lowest BCUT2D eigenvalue weighted by Gasteiger charge is -2.23. The van der Waals surface area contributed by atoms with Gasteiger partial charge in [0.05, 0.1) is 6.61 Å². The Balaban J connectivity index is 2.38. The van der Waals surface area contributed by atoms with Crippen LogP contribution in [0.1, 0.15) is 13.3 Å². The van der Waals surface area contributed by atoms with Gasteiger partial charge in [0.1, 0.15) is 11.8 Å². The van der Waals surface area contributed by atoms with E-state index in [-0.39, 0.29) is 12.4 Å². The van der Waals surface area contributed by atoms with Crippen molar-refractivity contribution in [2.24, 2.45) is 0 Å². The summed E-state index contributed by atoms with van der Waals surface area (Å²) in [4.78, 5) is 12.0. The highest BCUT2D eigenvalue weighted by Crippen LogP contribution is 2.47. The monoisotopic (exact) mass is 465 g/mol. The average molecular weight is 465 g/mol. The van der Waals surface area contributed by atoms with Gasteiger partial charge < -0.3 is 13.8 Å². The van der Waals surface area contributed by atoms with Crippen molar-refractivity contribution in [1.29, 1.82) is 0 Å². The van der Waals surface area contributed by atoms with E-state index in [1.807, 2.05) is 0 Å². The maximum atomic E-state index is 14.0. The quantitative estimate of drug-likeness (QED) is 0.101. The lowest BCUT2D eigenvalue weighted by Crippen LogP contribution is -2.36. The standard InChI is InChI=1S/C19H17F5NO5P/c1-3-4-10-28-19(26)11(2)25-31(27,29-12-8-6-5-7-9-12)30-18-16(23)14(21)13(20)15(22)17(18)24/h3,5-9,11H,1,4,10H2,2H3,(H,25,27). The van der Waals surface area contributed by atoms with Crippen LogP contribution in [-0.2, 0) is 14.1 Å². The van der Waals surface area contributed by atoms with Crippen molar-refractivity contribution < 1.29 is 45.1 Å². The van der Waals surface area contributed by atoms with Crippen molar-refractivity contribution >= 4 is 13.7 Å². The molecule has 0 aliphatic carbocycles. The summed E-state index contributed by atoms with van der Waals surface area (Å²) in [6.45, 7) is 4.55. The third kappa shape index (κ3) is 6.05. The predicted octanol–water partition coefficient (Wildman–Crippen LogP) is 5.05. The number of esters is 1. The molecular formula is C19H17F5NO5P. The third-order valence-corrected chi connectivity index (χ3v) is 5.20. The second kappa shape index (κ2) is 10.4. The maximum Gasteiger partial charge on any atom is 0.513 e. The summed E-state index contributed by atoms with van der Waals surface area (Å²) in [5.74, 6) is -14.7. The summed E-state index contributed by atoms with van der Waals surface area (Å²) in [6, 6.07) is 5.61. The SMILES string of the molecule is C=CCCOC(=O)C(C)NP(=O)(Oc1ccccc1)Oc1c(F)c(F)c(F)c(F)c1F. The van der Waals surface area contributed by atoms with E-state index in [4.69, 9.17) is 9.26 Å². The number of benzene rings is 2. The molecule has 0 aliphatic heterocycles. The Morgan fingerprint density at radius 1 is 1.03 bits per heavy atom. The Morgan fingerprint density at radius 3 is 2.13 bits per heavy atom. The highest BCUT2D eigenvalue weighted by Gasteiger charge is 2.38. The van der Waals surface area contributed by atoms with Gasteiger partial charge in [-0.3, -0.25) is 4.79 Å². The first kappa shape index (κ1) is 24.4. The van der Waals surface area contributed by atoms with E-state index < -0.39 is 54.6 Å². The summed E-state index contributed by atoms with van der Waals surface area (Å²) >= 11 is 0. The van der Waals surface area contributed by atoms with E-state index in [2.05, 4.69) is 16.2 Å². The Morgan fingerprint density at radius 2 is 1.58 bits per heavy atom. The number of ether oxygens (including phenoxy) is 1. The molecule has 0 aliphatic rings. The number of carbonyl (C=O) groups is 1. The van der Waals surface area contributed by atoms with Crippen LogP contribution in [0, 0.1) is 29.1 Å². The first-order valence-corrected chi connectivity index (χ1v) is 10.2. The van der Waals surface area contributed by atoms with Gasteiger partial charge >= 0.3 is 13.7 Å². The van der Waals surface area contributed by atoms with Crippen molar-refractivity contribution in [2.75, 3.05) is 6.61 Å². The molecule has 0 bridgehead atoms. The van der Waals surface area contributed by atoms with Gasteiger partial charge in [0.25, 0.3) is 0 Å². The van der Waals surface area contributed by atoms with Crippen molar-refractivity contribution in [3.63, 3.8) is 0 Å². The van der Waals surface area contributed by atoms with Crippen LogP contribution >= 0.6 is 7.75 Å². The van der Waals surface area contributed by atoms with Crippen molar-refractivity contribution in [3.05, 3.63) is 72.1 Å². The minimum absolute atomic E-state index is 0.0588. The number of rotatable bonds is 10. The van der Waals surface area contributed by atoms with Crippen molar-refractivity contribution in [1.82, 2.24) is 5.09 Å².